The predicted molar refractivity (Wildman–Crippen MR) is 358 cm³/mol. The molecule has 2 aliphatic carbocycles. The number of rotatable bonds is 17. The minimum absolute atomic E-state index is 0.546. The maximum atomic E-state index is 3.97. The fourth-order valence-corrected chi connectivity index (χ4v) is 14.6. The maximum Gasteiger partial charge on any atom is 0.0714 e. The molecule has 0 N–H and O–H groups in total. The standard InChI is InChI=1S/C80H60N2S2/c1-3-53-83-69-47-37-61(38-48-69)79(59-21-9-5-10-22-59)75-31-19-17-29-71(75)73-51-45-67(55-77(73)79)81(63-25-13-7-14-26-63)65-41-33-57(34-42-65)58-35-43-66(44-36-58)82(64-27-15-8-16-28-64)68-46-52-74-72-30-18-20-32-76(72)80(78(74)56-68,60-23-11-6-12-24-60)62-39-49-70(50-40-62)84-54-4-2/h3-52,55-56H,1-2,53-54H2/t79-,80?/m0/s1. The van der Waals surface area contributed by atoms with Crippen molar-refractivity contribution < 1.29 is 0 Å². The molecular formula is C80H60N2S2. The third-order valence-corrected chi connectivity index (χ3v) is 18.9. The van der Waals surface area contributed by atoms with E-state index in [1.54, 1.807) is 0 Å². The van der Waals surface area contributed by atoms with E-state index in [-0.39, 0.29) is 0 Å². The Morgan fingerprint density at radius 2 is 0.571 bits per heavy atom. The number of hydrogen-bond acceptors (Lipinski definition) is 4. The molecule has 0 saturated carbocycles. The molecule has 12 aromatic rings. The second-order valence-electron chi connectivity index (χ2n) is 21.5. The van der Waals surface area contributed by atoms with Crippen LogP contribution in [0.4, 0.5) is 34.1 Å². The zero-order chi connectivity index (χ0) is 56.5. The van der Waals surface area contributed by atoms with Crippen molar-refractivity contribution in [1.29, 1.82) is 0 Å². The van der Waals surface area contributed by atoms with E-state index in [2.05, 4.69) is 326 Å². The largest absolute Gasteiger partial charge is 0.310 e. The number of fused-ring (bicyclic) bond motifs is 6. The van der Waals surface area contributed by atoms with Gasteiger partial charge in [0.15, 0.2) is 0 Å². The van der Waals surface area contributed by atoms with Gasteiger partial charge >= 0.3 is 0 Å². The zero-order valence-electron chi connectivity index (χ0n) is 46.6. The summed E-state index contributed by atoms with van der Waals surface area (Å²) in [4.78, 5) is 7.27. The van der Waals surface area contributed by atoms with E-state index in [0.29, 0.717) is 0 Å². The van der Waals surface area contributed by atoms with Gasteiger partial charge in [-0.2, -0.15) is 0 Å². The Bertz CT molecular complexity index is 4030. The van der Waals surface area contributed by atoms with Crippen LogP contribution in [0.2, 0.25) is 0 Å². The quantitative estimate of drug-likeness (QED) is 0.0662. The van der Waals surface area contributed by atoms with Gasteiger partial charge in [-0.1, -0.05) is 218 Å². The molecule has 0 spiro atoms. The molecule has 402 valence electrons. The van der Waals surface area contributed by atoms with Crippen molar-refractivity contribution in [2.24, 2.45) is 0 Å². The van der Waals surface area contributed by atoms with Crippen molar-refractivity contribution >= 4 is 57.6 Å². The number of anilines is 6. The molecule has 14 rings (SSSR count). The van der Waals surface area contributed by atoms with Crippen LogP contribution in [0, 0.1) is 0 Å². The molecule has 0 saturated heterocycles. The van der Waals surface area contributed by atoms with Gasteiger partial charge in [0, 0.05) is 55.4 Å². The first-order valence-electron chi connectivity index (χ1n) is 28.8. The minimum Gasteiger partial charge on any atom is -0.310 e. The molecule has 0 fully saturated rings. The Labute approximate surface area is 502 Å². The molecule has 0 aliphatic heterocycles. The van der Waals surface area contributed by atoms with E-state index >= 15 is 0 Å². The van der Waals surface area contributed by atoms with Crippen molar-refractivity contribution in [2.75, 3.05) is 21.3 Å². The third kappa shape index (κ3) is 9.02. The summed E-state index contributed by atoms with van der Waals surface area (Å²) in [6, 6.07) is 112. The van der Waals surface area contributed by atoms with E-state index in [9.17, 15) is 0 Å². The Morgan fingerprint density at radius 3 is 0.940 bits per heavy atom. The highest BCUT2D eigenvalue weighted by Gasteiger charge is 2.48. The van der Waals surface area contributed by atoms with Crippen molar-refractivity contribution in [3.63, 3.8) is 0 Å². The van der Waals surface area contributed by atoms with Crippen LogP contribution in [0.15, 0.2) is 338 Å². The molecule has 2 nitrogen and oxygen atoms in total. The van der Waals surface area contributed by atoms with Gasteiger partial charge in [0.05, 0.1) is 10.8 Å². The molecule has 0 bridgehead atoms. The number of thioether (sulfide) groups is 2. The molecule has 84 heavy (non-hydrogen) atoms. The van der Waals surface area contributed by atoms with Crippen molar-refractivity contribution in [3.05, 3.63) is 373 Å². The van der Waals surface area contributed by atoms with Gasteiger partial charge in [-0.25, -0.2) is 0 Å². The summed E-state index contributed by atoms with van der Waals surface area (Å²) in [7, 11) is 0. The van der Waals surface area contributed by atoms with Crippen LogP contribution in [0.1, 0.15) is 44.5 Å². The SMILES string of the molecule is C=CCSc1ccc(C2(c3ccccc3)c3ccccc3-c3ccc(N(c4ccccc4)c4ccc(-c5ccc(N(c6ccccc6)c6ccc7c(c6)[C@@](c6ccccc6)(c6ccc(SCC=C)cc6)c6ccccc6-7)cc5)cc4)cc32)cc1. The van der Waals surface area contributed by atoms with Crippen molar-refractivity contribution in [1.82, 2.24) is 0 Å². The Balaban J connectivity index is 0.837. The monoisotopic (exact) mass is 1110 g/mol. The van der Waals surface area contributed by atoms with Crippen LogP contribution in [-0.2, 0) is 10.8 Å². The van der Waals surface area contributed by atoms with E-state index in [4.69, 9.17) is 0 Å². The smallest absolute Gasteiger partial charge is 0.0714 e. The number of benzene rings is 12. The van der Waals surface area contributed by atoms with Crippen LogP contribution in [0.5, 0.6) is 0 Å². The van der Waals surface area contributed by atoms with Crippen LogP contribution in [0.3, 0.4) is 0 Å². The molecule has 0 heterocycles. The summed E-state index contributed by atoms with van der Waals surface area (Å²) >= 11 is 3.62. The number of para-hydroxylation sites is 2. The molecule has 4 heteroatoms. The van der Waals surface area contributed by atoms with E-state index in [1.165, 1.54) is 76.6 Å². The fourth-order valence-electron chi connectivity index (χ4n) is 13.3. The fraction of sp³-hybridized carbons (Fsp3) is 0.0500. The Kier molecular flexibility index (Phi) is 14.1. The molecule has 1 unspecified atom stereocenters. The first-order valence-corrected chi connectivity index (χ1v) is 30.7. The first-order chi connectivity index (χ1) is 41.6. The minimum atomic E-state index is -0.546. The predicted octanol–water partition coefficient (Wildman–Crippen LogP) is 21.6. The van der Waals surface area contributed by atoms with Crippen LogP contribution in [-0.4, -0.2) is 11.5 Å². The lowest BCUT2D eigenvalue weighted by molar-refractivity contribution is 0.767. The average molecular weight is 1110 g/mol. The average Bonchev–Trinajstić information content (AvgIpc) is 2.34. The Hall–Kier alpha value is -9.58. The molecule has 0 radical (unpaired) electrons. The van der Waals surface area contributed by atoms with Crippen LogP contribution in [0.25, 0.3) is 33.4 Å². The van der Waals surface area contributed by atoms with Gasteiger partial charge < -0.3 is 9.80 Å². The van der Waals surface area contributed by atoms with E-state index in [1.807, 2.05) is 35.7 Å². The summed E-state index contributed by atoms with van der Waals surface area (Å²) in [5.74, 6) is 1.73. The summed E-state index contributed by atoms with van der Waals surface area (Å²) in [6.45, 7) is 7.95. The second kappa shape index (κ2) is 22.6. The van der Waals surface area contributed by atoms with Gasteiger partial charge in [-0.05, 0) is 175 Å². The highest BCUT2D eigenvalue weighted by molar-refractivity contribution is 7.99. The highest BCUT2D eigenvalue weighted by Crippen LogP contribution is 2.59. The van der Waals surface area contributed by atoms with Gasteiger partial charge in [0.25, 0.3) is 0 Å². The molecule has 12 aromatic carbocycles. The maximum absolute atomic E-state index is 3.97. The van der Waals surface area contributed by atoms with Gasteiger partial charge in [-0.15, -0.1) is 36.7 Å². The summed E-state index contributed by atoms with van der Waals surface area (Å²) in [5.41, 5.74) is 22.9. The van der Waals surface area contributed by atoms with Crippen LogP contribution >= 0.6 is 23.5 Å². The Morgan fingerprint density at radius 1 is 0.274 bits per heavy atom. The molecule has 0 aromatic heterocycles. The summed E-state index contributed by atoms with van der Waals surface area (Å²) in [6.07, 6.45) is 3.94. The molecular weight excluding hydrogens is 1050 g/mol. The van der Waals surface area contributed by atoms with E-state index < -0.39 is 10.8 Å². The summed E-state index contributed by atoms with van der Waals surface area (Å²) < 4.78 is 0. The third-order valence-electron chi connectivity index (χ3n) is 16.9. The summed E-state index contributed by atoms with van der Waals surface area (Å²) in [5, 5.41) is 0. The highest BCUT2D eigenvalue weighted by atomic mass is 32.2. The van der Waals surface area contributed by atoms with E-state index in [0.717, 1.165) is 56.8 Å². The normalized spacial score (nSPS) is 15.3. The first kappa shape index (κ1) is 52.5. The number of hydrogen-bond donors (Lipinski definition) is 0. The molecule has 2 aliphatic rings. The van der Waals surface area contributed by atoms with Crippen LogP contribution < -0.4 is 9.80 Å². The second-order valence-corrected chi connectivity index (χ2v) is 23.7. The molecule has 2 atom stereocenters. The lowest BCUT2D eigenvalue weighted by atomic mass is 9.67. The lowest BCUT2D eigenvalue weighted by Crippen LogP contribution is -2.28. The van der Waals surface area contributed by atoms with Crippen molar-refractivity contribution in [3.8, 4) is 33.4 Å². The number of nitrogens with zero attached hydrogens (tertiary/aromatic N) is 2. The van der Waals surface area contributed by atoms with Gasteiger partial charge in [0.1, 0.15) is 0 Å². The van der Waals surface area contributed by atoms with Crippen molar-refractivity contribution in [2.45, 2.75) is 20.6 Å². The zero-order valence-corrected chi connectivity index (χ0v) is 48.2. The lowest BCUT2D eigenvalue weighted by Gasteiger charge is -2.35. The van der Waals surface area contributed by atoms with Gasteiger partial charge in [0.2, 0.25) is 0 Å². The van der Waals surface area contributed by atoms with Gasteiger partial charge in [-0.3, -0.25) is 0 Å². The topological polar surface area (TPSA) is 6.48 Å². The molecule has 0 amide bonds.